The lowest BCUT2D eigenvalue weighted by atomic mass is 10.2. The van der Waals surface area contributed by atoms with Gasteiger partial charge in [-0.25, -0.2) is 0 Å². The average Bonchev–Trinajstić information content (AvgIpc) is 2.66. The van der Waals surface area contributed by atoms with E-state index >= 15 is 0 Å². The molecule has 4 heteroatoms. The molecule has 1 N–H and O–H groups in total. The van der Waals surface area contributed by atoms with Crippen LogP contribution in [0.2, 0.25) is 0 Å². The minimum absolute atomic E-state index is 0.136. The summed E-state index contributed by atoms with van der Waals surface area (Å²) in [6, 6.07) is 5.98. The Morgan fingerprint density at radius 3 is 2.83 bits per heavy atom. The third-order valence-electron chi connectivity index (χ3n) is 2.87. The van der Waals surface area contributed by atoms with Gasteiger partial charge < -0.3 is 5.32 Å². The van der Waals surface area contributed by atoms with Gasteiger partial charge in [0.05, 0.1) is 0 Å². The maximum absolute atomic E-state index is 11.6. The lowest BCUT2D eigenvalue weighted by Crippen LogP contribution is -2.28. The molecule has 0 spiro atoms. The average molecular weight is 261 g/mol. The molecular weight excluding hydrogens is 244 g/mol. The Bertz CT molecular complexity index is 697. The molecule has 0 aliphatic carbocycles. The van der Waals surface area contributed by atoms with E-state index in [1.165, 1.54) is 9.50 Å². The highest BCUT2D eigenvalue weighted by molar-refractivity contribution is 7.91. The van der Waals surface area contributed by atoms with E-state index in [1.54, 1.807) is 17.9 Å². The fourth-order valence-electron chi connectivity index (χ4n) is 1.82. The molecule has 1 heterocycles. The first-order valence-electron chi connectivity index (χ1n) is 5.91. The zero-order valence-electron chi connectivity index (χ0n) is 10.9. The van der Waals surface area contributed by atoms with Gasteiger partial charge in [0.25, 0.3) is 5.91 Å². The largest absolute Gasteiger partial charge is 0.322 e. The molecule has 3 nitrogen and oxygen atoms in total. The second kappa shape index (κ2) is 4.90. The number of amides is 1. The van der Waals surface area contributed by atoms with E-state index in [0.29, 0.717) is 5.57 Å². The summed E-state index contributed by atoms with van der Waals surface area (Å²) in [5, 5.41) is 3.99. The quantitative estimate of drug-likeness (QED) is 0.503. The van der Waals surface area contributed by atoms with Crippen LogP contribution in [0, 0.1) is 4.51 Å². The van der Waals surface area contributed by atoms with Crippen molar-refractivity contribution < 1.29 is 4.79 Å². The number of nitrogens with zero attached hydrogens (tertiary/aromatic N) is 1. The van der Waals surface area contributed by atoms with Crippen LogP contribution in [0.4, 0.5) is 5.69 Å². The van der Waals surface area contributed by atoms with Gasteiger partial charge in [0.15, 0.2) is 0 Å². The third-order valence-corrected chi connectivity index (χ3v) is 4.23. The predicted molar refractivity (Wildman–Crippen MR) is 78.4 cm³/mol. The highest BCUT2D eigenvalue weighted by Gasteiger charge is 2.14. The molecule has 1 aromatic rings. The van der Waals surface area contributed by atoms with Crippen molar-refractivity contribution in [1.29, 1.82) is 0 Å². The molecule has 0 fully saturated rings. The van der Waals surface area contributed by atoms with Crippen molar-refractivity contribution in [2.24, 2.45) is 0 Å². The molecule has 1 aliphatic rings. The molecule has 0 saturated carbocycles. The van der Waals surface area contributed by atoms with Gasteiger partial charge in [0, 0.05) is 23.7 Å². The molecule has 94 valence electrons. The summed E-state index contributed by atoms with van der Waals surface area (Å²) >= 11 is 0. The number of rotatable bonds is 3. The minimum Gasteiger partial charge on any atom is -0.322 e. The molecule has 1 aliphatic heterocycles. The lowest BCUT2D eigenvalue weighted by molar-refractivity contribution is -0.112. The van der Waals surface area contributed by atoms with Gasteiger partial charge in [-0.3, -0.25) is 4.79 Å². The van der Waals surface area contributed by atoms with Crippen molar-refractivity contribution in [3.8, 4) is 0 Å². The van der Waals surface area contributed by atoms with Gasteiger partial charge in [-0.05, 0) is 19.1 Å². The molecule has 0 unspecified atom stereocenters. The Balaban J connectivity index is 2.43. The van der Waals surface area contributed by atoms with Crippen LogP contribution in [-0.2, 0) is 4.79 Å². The first-order chi connectivity index (χ1) is 8.52. The molecule has 0 atom stereocenters. The predicted octanol–water partition coefficient (Wildman–Crippen LogP) is 1.86. The SMILES string of the molecule is C=C(C)C(=O)Nc1ccc2c(c1)=[N+](C)C(CC)=S=2. The number of carbonyl (C=O) groups is 1. The van der Waals surface area contributed by atoms with Crippen LogP contribution >= 0.6 is 10.9 Å². The number of anilines is 1. The Morgan fingerprint density at radius 2 is 2.22 bits per heavy atom. The van der Waals surface area contributed by atoms with E-state index in [0.717, 1.165) is 17.5 Å². The van der Waals surface area contributed by atoms with Gasteiger partial charge in [-0.15, -0.1) is 0 Å². The Kier molecular flexibility index (Phi) is 3.48. The van der Waals surface area contributed by atoms with Crippen molar-refractivity contribution in [1.82, 2.24) is 4.58 Å². The molecule has 0 saturated heterocycles. The molecule has 2 rings (SSSR count). The van der Waals surface area contributed by atoms with Crippen LogP contribution in [0.25, 0.3) is 0 Å². The van der Waals surface area contributed by atoms with E-state index in [1.807, 2.05) is 18.2 Å². The Labute approximate surface area is 110 Å². The zero-order valence-corrected chi connectivity index (χ0v) is 11.7. The molecule has 1 amide bonds. The van der Waals surface area contributed by atoms with Gasteiger partial charge in [-0.1, -0.05) is 24.4 Å². The molecule has 0 aromatic heterocycles. The maximum Gasteiger partial charge on any atom is 0.250 e. The van der Waals surface area contributed by atoms with Crippen LogP contribution in [0.3, 0.4) is 0 Å². The standard InChI is InChI=1S/C14H16N2OS/c1-5-13-16(4)11-8-10(6-7-12(11)18-13)15-14(17)9(2)3/h6-8H,2,5H2,1,3-4H3/p+1. The monoisotopic (exact) mass is 261 g/mol. The summed E-state index contributed by atoms with van der Waals surface area (Å²) in [5.74, 6) is -0.136. The minimum atomic E-state index is -0.136. The molecule has 1 aromatic carbocycles. The van der Waals surface area contributed by atoms with E-state index in [9.17, 15) is 4.79 Å². The molecule has 0 radical (unpaired) electrons. The van der Waals surface area contributed by atoms with Crippen molar-refractivity contribution >= 4 is 27.5 Å². The normalized spacial score (nSPS) is 13.1. The molecule has 18 heavy (non-hydrogen) atoms. The van der Waals surface area contributed by atoms with Crippen molar-refractivity contribution in [2.45, 2.75) is 20.3 Å². The summed E-state index contributed by atoms with van der Waals surface area (Å²) < 4.78 is 3.42. The number of nitrogens with one attached hydrogen (secondary N) is 1. The summed E-state index contributed by atoms with van der Waals surface area (Å²) in [6.07, 6.45) is 1.02. The highest BCUT2D eigenvalue weighted by atomic mass is 32.1. The molecule has 0 bridgehead atoms. The first kappa shape index (κ1) is 12.8. The number of benzene rings is 1. The fraction of sp³-hybridized carbons (Fsp3) is 0.286. The van der Waals surface area contributed by atoms with Crippen molar-refractivity contribution in [3.05, 3.63) is 40.2 Å². The van der Waals surface area contributed by atoms with Gasteiger partial charge in [-0.2, -0.15) is 4.58 Å². The topological polar surface area (TPSA) is 32.1 Å². The summed E-state index contributed by atoms with van der Waals surface area (Å²) in [5.41, 5.74) is 1.32. The van der Waals surface area contributed by atoms with Gasteiger partial charge >= 0.3 is 0 Å². The molecular formula is C14H17N2OS+. The Hall–Kier alpha value is -1.68. The second-order valence-corrected chi connectivity index (χ2v) is 5.44. The summed E-state index contributed by atoms with van der Waals surface area (Å²) in [4.78, 5) is 12.9. The van der Waals surface area contributed by atoms with Crippen LogP contribution in [0.1, 0.15) is 20.3 Å². The van der Waals surface area contributed by atoms with Crippen LogP contribution < -0.4 is 15.2 Å². The Morgan fingerprint density at radius 1 is 1.50 bits per heavy atom. The number of hydrogen-bond donors (Lipinski definition) is 1. The third kappa shape index (κ3) is 2.29. The van der Waals surface area contributed by atoms with Crippen LogP contribution in [0.5, 0.6) is 0 Å². The van der Waals surface area contributed by atoms with E-state index < -0.39 is 0 Å². The highest BCUT2D eigenvalue weighted by Crippen LogP contribution is 2.07. The lowest BCUT2D eigenvalue weighted by Gasteiger charge is -2.02. The van der Waals surface area contributed by atoms with Crippen molar-refractivity contribution in [3.63, 3.8) is 0 Å². The fourth-order valence-corrected chi connectivity index (χ4v) is 2.89. The van der Waals surface area contributed by atoms with E-state index in [2.05, 4.69) is 30.4 Å². The van der Waals surface area contributed by atoms with Crippen molar-refractivity contribution in [2.75, 3.05) is 12.4 Å². The second-order valence-electron chi connectivity index (χ2n) is 4.33. The van der Waals surface area contributed by atoms with Gasteiger partial charge in [0.2, 0.25) is 10.3 Å². The number of carbonyl (C=O) groups excluding carboxylic acids is 1. The number of fused-ring (bicyclic) bond motifs is 1. The summed E-state index contributed by atoms with van der Waals surface area (Å²) in [6.45, 7) is 7.48. The smallest absolute Gasteiger partial charge is 0.250 e. The van der Waals surface area contributed by atoms with E-state index in [-0.39, 0.29) is 5.91 Å². The zero-order chi connectivity index (χ0) is 13.3. The summed E-state index contributed by atoms with van der Waals surface area (Å²) in [7, 11) is 3.85. The van der Waals surface area contributed by atoms with Crippen LogP contribution in [0.15, 0.2) is 30.4 Å². The maximum atomic E-state index is 11.6. The number of hydrogen-bond acceptors (Lipinski definition) is 1. The van der Waals surface area contributed by atoms with E-state index in [4.69, 9.17) is 0 Å². The first-order valence-corrected chi connectivity index (χ1v) is 6.73. The van der Waals surface area contributed by atoms with Crippen LogP contribution in [-0.4, -0.2) is 17.9 Å². The van der Waals surface area contributed by atoms with Gasteiger partial charge in [0.1, 0.15) is 11.6 Å².